The van der Waals surface area contributed by atoms with Crippen molar-refractivity contribution in [2.45, 2.75) is 12.8 Å². The Kier molecular flexibility index (Phi) is 5.37. The fourth-order valence-corrected chi connectivity index (χ4v) is 4.00. The Morgan fingerprint density at radius 3 is 2.39 bits per heavy atom. The van der Waals surface area contributed by atoms with Crippen molar-refractivity contribution in [3.63, 3.8) is 0 Å². The molecular weight excluding hydrogens is 433 g/mol. The molecule has 3 heterocycles. The highest BCUT2D eigenvalue weighted by molar-refractivity contribution is 5.65. The summed E-state index contributed by atoms with van der Waals surface area (Å²) in [5.41, 5.74) is 1.70. The molecule has 4 aromatic rings. The number of hydrogen-bond donors (Lipinski definition) is 0. The Labute approximate surface area is 187 Å². The van der Waals surface area contributed by atoms with Gasteiger partial charge in [0.05, 0.1) is 17.9 Å². The van der Waals surface area contributed by atoms with E-state index in [9.17, 15) is 18.0 Å². The van der Waals surface area contributed by atoms with E-state index in [1.165, 1.54) is 27.7 Å². The first-order valence-corrected chi connectivity index (χ1v) is 10.5. The number of nitrogens with zero attached hydrogens (tertiary/aromatic N) is 6. The largest absolute Gasteiger partial charge is 0.416 e. The van der Waals surface area contributed by atoms with Crippen molar-refractivity contribution in [1.29, 1.82) is 0 Å². The number of anilines is 1. The number of rotatable bonds is 4. The molecule has 2 aromatic carbocycles. The average Bonchev–Trinajstić information content (AvgIpc) is 3.27. The van der Waals surface area contributed by atoms with Gasteiger partial charge in [0.25, 0.3) is 5.56 Å². The summed E-state index contributed by atoms with van der Waals surface area (Å²) >= 11 is 0. The van der Waals surface area contributed by atoms with Gasteiger partial charge < -0.3 is 4.90 Å². The molecule has 0 N–H and O–H groups in total. The second kappa shape index (κ2) is 8.36. The molecule has 0 spiro atoms. The van der Waals surface area contributed by atoms with Gasteiger partial charge in [-0.1, -0.05) is 36.4 Å². The van der Waals surface area contributed by atoms with Crippen LogP contribution in [-0.4, -0.2) is 50.5 Å². The van der Waals surface area contributed by atoms with Crippen LogP contribution in [0.5, 0.6) is 0 Å². The molecule has 0 atom stereocenters. The lowest BCUT2D eigenvalue weighted by atomic mass is 10.1. The van der Waals surface area contributed by atoms with Crippen molar-refractivity contribution in [2.24, 2.45) is 0 Å². The summed E-state index contributed by atoms with van der Waals surface area (Å²) in [6, 6.07) is 16.7. The molecular formula is C23H21F3N6O. The third kappa shape index (κ3) is 4.34. The Morgan fingerprint density at radius 2 is 1.67 bits per heavy atom. The van der Waals surface area contributed by atoms with Gasteiger partial charge in [-0.15, -0.1) is 0 Å². The summed E-state index contributed by atoms with van der Waals surface area (Å²) in [6.45, 7) is 2.62. The number of fused-ring (bicyclic) bond motifs is 1. The van der Waals surface area contributed by atoms with Crippen molar-refractivity contribution in [2.75, 3.05) is 31.1 Å². The molecule has 1 aliphatic heterocycles. The van der Waals surface area contributed by atoms with Crippen molar-refractivity contribution < 1.29 is 13.2 Å². The van der Waals surface area contributed by atoms with Crippen molar-refractivity contribution in [3.05, 3.63) is 82.9 Å². The second-order valence-corrected chi connectivity index (χ2v) is 7.96. The number of alkyl halides is 3. The van der Waals surface area contributed by atoms with Crippen molar-refractivity contribution >= 4 is 11.2 Å². The summed E-state index contributed by atoms with van der Waals surface area (Å²) in [4.78, 5) is 16.9. The van der Waals surface area contributed by atoms with E-state index in [1.807, 2.05) is 35.2 Å². The molecule has 1 saturated heterocycles. The quantitative estimate of drug-likeness (QED) is 0.473. The van der Waals surface area contributed by atoms with Crippen LogP contribution < -0.4 is 10.5 Å². The van der Waals surface area contributed by atoms with Gasteiger partial charge in [0.15, 0.2) is 0 Å². The molecule has 0 amide bonds. The fourth-order valence-electron chi connectivity index (χ4n) is 4.00. The molecule has 2 aromatic heterocycles. The van der Waals surface area contributed by atoms with Gasteiger partial charge in [0.2, 0.25) is 0 Å². The van der Waals surface area contributed by atoms with Crippen LogP contribution in [0, 0.1) is 0 Å². The van der Waals surface area contributed by atoms with Crippen molar-refractivity contribution in [3.8, 4) is 11.3 Å². The lowest BCUT2D eigenvalue weighted by Gasteiger charge is -2.36. The number of benzene rings is 2. The highest BCUT2D eigenvalue weighted by Crippen LogP contribution is 2.31. The summed E-state index contributed by atoms with van der Waals surface area (Å²) in [7, 11) is 0. The minimum absolute atomic E-state index is 0.243. The van der Waals surface area contributed by atoms with E-state index in [2.05, 4.69) is 15.1 Å². The zero-order chi connectivity index (χ0) is 23.0. The van der Waals surface area contributed by atoms with Crippen LogP contribution in [-0.2, 0) is 12.8 Å². The third-order valence-corrected chi connectivity index (χ3v) is 5.80. The van der Waals surface area contributed by atoms with E-state index in [4.69, 9.17) is 0 Å². The maximum absolute atomic E-state index is 13.0. The van der Waals surface area contributed by atoms with E-state index < -0.39 is 11.7 Å². The lowest BCUT2D eigenvalue weighted by molar-refractivity contribution is -0.137. The highest BCUT2D eigenvalue weighted by Gasteiger charge is 2.31. The summed E-state index contributed by atoms with van der Waals surface area (Å²) in [6.07, 6.45) is -2.85. The van der Waals surface area contributed by atoms with Crippen LogP contribution in [0.2, 0.25) is 0 Å². The predicted molar refractivity (Wildman–Crippen MR) is 118 cm³/mol. The molecule has 170 valence electrons. The first-order valence-electron chi connectivity index (χ1n) is 10.5. The maximum atomic E-state index is 13.0. The maximum Gasteiger partial charge on any atom is 0.416 e. The molecule has 33 heavy (non-hydrogen) atoms. The van der Waals surface area contributed by atoms with Gasteiger partial charge in [-0.2, -0.15) is 23.4 Å². The molecule has 0 aliphatic carbocycles. The van der Waals surface area contributed by atoms with Gasteiger partial charge in [-0.25, -0.2) is 9.20 Å². The van der Waals surface area contributed by atoms with Crippen LogP contribution in [0.1, 0.15) is 5.56 Å². The number of aromatic nitrogens is 4. The van der Waals surface area contributed by atoms with E-state index in [-0.39, 0.29) is 5.56 Å². The summed E-state index contributed by atoms with van der Waals surface area (Å²) in [5, 5.41) is 8.69. The van der Waals surface area contributed by atoms with E-state index in [1.54, 1.807) is 12.1 Å². The monoisotopic (exact) mass is 454 g/mol. The van der Waals surface area contributed by atoms with Gasteiger partial charge in [-0.05, 0) is 24.3 Å². The molecule has 0 radical (unpaired) electrons. The molecule has 0 bridgehead atoms. The Hall–Kier alpha value is -3.66. The van der Waals surface area contributed by atoms with Crippen molar-refractivity contribution in [1.82, 2.24) is 24.3 Å². The topological polar surface area (TPSA) is 58.7 Å². The summed E-state index contributed by atoms with van der Waals surface area (Å²) < 4.78 is 41.9. The first kappa shape index (κ1) is 21.2. The zero-order valence-electron chi connectivity index (χ0n) is 17.6. The molecule has 10 heteroatoms. The molecule has 7 nitrogen and oxygen atoms in total. The number of hydrogen-bond acceptors (Lipinski definition) is 5. The standard InChI is InChI=1S/C23H21F3N6O/c24-23(25,26)18-7-4-8-19(13-18)30-11-9-29(10-12-30)16-32-22(33)21-14-20(28-31(21)15-27-32)17-5-2-1-3-6-17/h1-8,13-15H,9-12,16H2. The Balaban J connectivity index is 1.29. The van der Waals surface area contributed by atoms with Crippen LogP contribution in [0.4, 0.5) is 18.9 Å². The smallest absolute Gasteiger partial charge is 0.369 e. The normalized spacial score (nSPS) is 15.3. The molecule has 0 saturated carbocycles. The highest BCUT2D eigenvalue weighted by atomic mass is 19.4. The minimum atomic E-state index is -4.36. The van der Waals surface area contributed by atoms with Crippen LogP contribution >= 0.6 is 0 Å². The predicted octanol–water partition coefficient (Wildman–Crippen LogP) is 3.36. The molecule has 1 aliphatic rings. The zero-order valence-corrected chi connectivity index (χ0v) is 17.6. The molecule has 1 fully saturated rings. The Morgan fingerprint density at radius 1 is 0.909 bits per heavy atom. The number of piperazine rings is 1. The van der Waals surface area contributed by atoms with E-state index >= 15 is 0 Å². The average molecular weight is 454 g/mol. The van der Waals surface area contributed by atoms with Gasteiger partial charge >= 0.3 is 6.18 Å². The van der Waals surface area contributed by atoms with Crippen LogP contribution in [0.15, 0.2) is 71.8 Å². The van der Waals surface area contributed by atoms with Crippen LogP contribution in [0.25, 0.3) is 16.8 Å². The fraction of sp³-hybridized carbons (Fsp3) is 0.261. The second-order valence-electron chi connectivity index (χ2n) is 7.96. The Bertz CT molecular complexity index is 1320. The SMILES string of the molecule is O=c1c2cc(-c3ccccc3)nn2cnn1CN1CCN(c2cccc(C(F)(F)F)c2)CC1. The van der Waals surface area contributed by atoms with E-state index in [0.29, 0.717) is 49.7 Å². The lowest BCUT2D eigenvalue weighted by Crippen LogP contribution is -2.48. The molecule has 0 unspecified atom stereocenters. The van der Waals surface area contributed by atoms with Crippen LogP contribution in [0.3, 0.4) is 0 Å². The molecule has 5 rings (SSSR count). The third-order valence-electron chi connectivity index (χ3n) is 5.80. The van der Waals surface area contributed by atoms with Gasteiger partial charge in [0.1, 0.15) is 11.8 Å². The van der Waals surface area contributed by atoms with Gasteiger partial charge in [-0.3, -0.25) is 9.69 Å². The number of halogens is 3. The van der Waals surface area contributed by atoms with Gasteiger partial charge in [0, 0.05) is 37.4 Å². The minimum Gasteiger partial charge on any atom is -0.369 e. The van der Waals surface area contributed by atoms with E-state index in [0.717, 1.165) is 11.6 Å². The summed E-state index contributed by atoms with van der Waals surface area (Å²) in [5.74, 6) is 0. The first-order chi connectivity index (χ1) is 15.9.